The Labute approximate surface area is 147 Å². The van der Waals surface area contributed by atoms with Crippen LogP contribution in [0, 0.1) is 0 Å². The lowest BCUT2D eigenvalue weighted by Gasteiger charge is -2.08. The molecular formula is C25H18. The van der Waals surface area contributed by atoms with Crippen LogP contribution in [0.4, 0.5) is 0 Å². The van der Waals surface area contributed by atoms with Crippen LogP contribution >= 0.6 is 0 Å². The lowest BCUT2D eigenvalue weighted by molar-refractivity contribution is 1.45. The fourth-order valence-corrected chi connectivity index (χ4v) is 3.88. The maximum absolute atomic E-state index is 2.36. The van der Waals surface area contributed by atoms with E-state index in [0.717, 1.165) is 6.42 Å². The second-order valence-corrected chi connectivity index (χ2v) is 6.59. The number of hydrogen-bond acceptors (Lipinski definition) is 0. The van der Waals surface area contributed by atoms with E-state index in [-0.39, 0.29) is 0 Å². The highest BCUT2D eigenvalue weighted by molar-refractivity contribution is 6.03. The average Bonchev–Trinajstić information content (AvgIpc) is 3.17. The molecule has 0 bridgehead atoms. The van der Waals surface area contributed by atoms with Gasteiger partial charge in [-0.1, -0.05) is 97.1 Å². The van der Waals surface area contributed by atoms with Gasteiger partial charge < -0.3 is 0 Å². The first-order valence-corrected chi connectivity index (χ1v) is 8.77. The fourth-order valence-electron chi connectivity index (χ4n) is 3.88. The van der Waals surface area contributed by atoms with Gasteiger partial charge in [-0.2, -0.15) is 0 Å². The second kappa shape index (κ2) is 5.75. The van der Waals surface area contributed by atoms with E-state index in [4.69, 9.17) is 0 Å². The van der Waals surface area contributed by atoms with E-state index in [2.05, 4.69) is 97.1 Å². The van der Waals surface area contributed by atoms with Gasteiger partial charge in [-0.3, -0.25) is 0 Å². The van der Waals surface area contributed by atoms with Crippen LogP contribution < -0.4 is 0 Å². The quantitative estimate of drug-likeness (QED) is 0.378. The largest absolute Gasteiger partial charge is 0.0722 e. The first-order valence-electron chi connectivity index (χ1n) is 8.77. The fraction of sp³-hybridized carbons (Fsp3) is 0.0400. The predicted molar refractivity (Wildman–Crippen MR) is 108 cm³/mol. The molecule has 4 aromatic rings. The van der Waals surface area contributed by atoms with E-state index in [9.17, 15) is 0 Å². The summed E-state index contributed by atoms with van der Waals surface area (Å²) < 4.78 is 0. The molecule has 0 unspecified atom stereocenters. The Kier molecular flexibility index (Phi) is 3.28. The SMILES string of the molecule is C1=C(c2cccc3ccccc23)C=C(c2cccc3ccccc23)C1. The molecule has 0 aromatic heterocycles. The first kappa shape index (κ1) is 14.2. The number of allylic oxidation sites excluding steroid dienone is 4. The van der Waals surface area contributed by atoms with Crippen molar-refractivity contribution in [3.63, 3.8) is 0 Å². The monoisotopic (exact) mass is 318 g/mol. The molecule has 0 amide bonds. The van der Waals surface area contributed by atoms with Gasteiger partial charge in [-0.15, -0.1) is 0 Å². The van der Waals surface area contributed by atoms with Crippen LogP contribution in [0.3, 0.4) is 0 Å². The van der Waals surface area contributed by atoms with Crippen LogP contribution in [-0.2, 0) is 0 Å². The van der Waals surface area contributed by atoms with E-state index in [1.165, 1.54) is 43.8 Å². The highest BCUT2D eigenvalue weighted by atomic mass is 14.2. The van der Waals surface area contributed by atoms with Crippen LogP contribution in [0.2, 0.25) is 0 Å². The van der Waals surface area contributed by atoms with E-state index in [1.54, 1.807) is 0 Å². The van der Waals surface area contributed by atoms with Crippen molar-refractivity contribution in [3.05, 3.63) is 108 Å². The van der Waals surface area contributed by atoms with Gasteiger partial charge >= 0.3 is 0 Å². The van der Waals surface area contributed by atoms with Crippen molar-refractivity contribution in [2.24, 2.45) is 0 Å². The molecule has 0 N–H and O–H groups in total. The molecule has 1 aliphatic rings. The summed E-state index contributed by atoms with van der Waals surface area (Å²) in [5.41, 5.74) is 5.41. The molecule has 1 aliphatic carbocycles. The third kappa shape index (κ3) is 2.38. The summed E-state index contributed by atoms with van der Waals surface area (Å²) in [5.74, 6) is 0. The molecule has 0 saturated heterocycles. The third-order valence-corrected chi connectivity index (χ3v) is 5.11. The Bertz CT molecular complexity index is 1150. The minimum Gasteiger partial charge on any atom is -0.0722 e. The zero-order valence-electron chi connectivity index (χ0n) is 13.9. The van der Waals surface area contributed by atoms with Gasteiger partial charge in [0.1, 0.15) is 0 Å². The molecule has 4 aromatic carbocycles. The second-order valence-electron chi connectivity index (χ2n) is 6.59. The minimum absolute atomic E-state index is 0.993. The summed E-state index contributed by atoms with van der Waals surface area (Å²) in [6, 6.07) is 30.4. The van der Waals surface area contributed by atoms with E-state index in [1.807, 2.05) is 0 Å². The summed E-state index contributed by atoms with van der Waals surface area (Å²) in [7, 11) is 0. The molecule has 0 atom stereocenters. The lowest BCUT2D eigenvalue weighted by atomic mass is 9.96. The van der Waals surface area contributed by atoms with Gasteiger partial charge in [-0.05, 0) is 50.2 Å². The maximum Gasteiger partial charge on any atom is -0.00818 e. The molecule has 25 heavy (non-hydrogen) atoms. The highest BCUT2D eigenvalue weighted by Crippen LogP contribution is 2.37. The molecule has 0 saturated carbocycles. The van der Waals surface area contributed by atoms with Gasteiger partial charge in [0.15, 0.2) is 0 Å². The third-order valence-electron chi connectivity index (χ3n) is 5.11. The van der Waals surface area contributed by atoms with E-state index >= 15 is 0 Å². The molecule has 0 heteroatoms. The lowest BCUT2D eigenvalue weighted by Crippen LogP contribution is -1.84. The molecular weight excluding hydrogens is 300 g/mol. The molecule has 0 fully saturated rings. The molecule has 0 spiro atoms. The van der Waals surface area contributed by atoms with E-state index < -0.39 is 0 Å². The van der Waals surface area contributed by atoms with Gasteiger partial charge in [0.25, 0.3) is 0 Å². The van der Waals surface area contributed by atoms with E-state index in [0.29, 0.717) is 0 Å². The molecule has 118 valence electrons. The molecule has 0 radical (unpaired) electrons. The van der Waals surface area contributed by atoms with Crippen LogP contribution in [0.25, 0.3) is 32.7 Å². The minimum atomic E-state index is 0.993. The van der Waals surface area contributed by atoms with Crippen molar-refractivity contribution in [2.45, 2.75) is 6.42 Å². The van der Waals surface area contributed by atoms with Crippen molar-refractivity contribution in [1.82, 2.24) is 0 Å². The number of fused-ring (bicyclic) bond motifs is 2. The Morgan fingerprint density at radius 3 is 1.80 bits per heavy atom. The summed E-state index contributed by atoms with van der Waals surface area (Å²) in [5, 5.41) is 5.27. The van der Waals surface area contributed by atoms with Crippen molar-refractivity contribution >= 4 is 32.7 Å². The van der Waals surface area contributed by atoms with Gasteiger partial charge in [0, 0.05) is 0 Å². The normalized spacial score (nSPS) is 13.9. The maximum atomic E-state index is 2.36. The zero-order chi connectivity index (χ0) is 16.6. The molecule has 0 aliphatic heterocycles. The summed E-state index contributed by atoms with van der Waals surface area (Å²) in [6.07, 6.45) is 5.72. The Balaban J connectivity index is 1.63. The summed E-state index contributed by atoms with van der Waals surface area (Å²) in [4.78, 5) is 0. The highest BCUT2D eigenvalue weighted by Gasteiger charge is 2.14. The topological polar surface area (TPSA) is 0 Å². The smallest absolute Gasteiger partial charge is 0.00818 e. The number of benzene rings is 4. The number of rotatable bonds is 2. The predicted octanol–water partition coefficient (Wildman–Crippen LogP) is 6.86. The van der Waals surface area contributed by atoms with Crippen molar-refractivity contribution in [1.29, 1.82) is 0 Å². The molecule has 0 nitrogen and oxygen atoms in total. The van der Waals surface area contributed by atoms with Crippen LogP contribution in [0.15, 0.2) is 97.1 Å². The van der Waals surface area contributed by atoms with Crippen molar-refractivity contribution < 1.29 is 0 Å². The van der Waals surface area contributed by atoms with Crippen LogP contribution in [-0.4, -0.2) is 0 Å². The zero-order valence-corrected chi connectivity index (χ0v) is 13.9. The van der Waals surface area contributed by atoms with Gasteiger partial charge in [-0.25, -0.2) is 0 Å². The first-order chi connectivity index (χ1) is 12.4. The van der Waals surface area contributed by atoms with Crippen LogP contribution in [0.5, 0.6) is 0 Å². The number of hydrogen-bond donors (Lipinski definition) is 0. The van der Waals surface area contributed by atoms with Gasteiger partial charge in [0.2, 0.25) is 0 Å². The van der Waals surface area contributed by atoms with Crippen molar-refractivity contribution in [2.75, 3.05) is 0 Å². The van der Waals surface area contributed by atoms with Crippen molar-refractivity contribution in [3.8, 4) is 0 Å². The summed E-state index contributed by atoms with van der Waals surface area (Å²) >= 11 is 0. The molecule has 5 rings (SSSR count). The standard InChI is InChI=1S/C25H18/c1-3-11-22-18(7-1)9-5-13-24(22)20-15-16-21(17-20)25-14-6-10-19-8-2-4-12-23(19)25/h1-15,17H,16H2. The van der Waals surface area contributed by atoms with Crippen LogP contribution in [0.1, 0.15) is 17.5 Å². The average molecular weight is 318 g/mol. The summed E-state index contributed by atoms with van der Waals surface area (Å²) in [6.45, 7) is 0. The Hall–Kier alpha value is -3.12. The Morgan fingerprint density at radius 2 is 1.08 bits per heavy atom. The molecule has 0 heterocycles. The Morgan fingerprint density at radius 1 is 0.520 bits per heavy atom. The van der Waals surface area contributed by atoms with Gasteiger partial charge in [0.05, 0.1) is 0 Å².